The summed E-state index contributed by atoms with van der Waals surface area (Å²) < 4.78 is 7.21. The highest BCUT2D eigenvalue weighted by atomic mass is 16.5. The molecule has 7 nitrogen and oxygen atoms in total. The molecule has 0 aliphatic heterocycles. The van der Waals surface area contributed by atoms with Crippen molar-refractivity contribution in [3.05, 3.63) is 53.0 Å². The number of carbonyl (C=O) groups excluding carboxylic acids is 2. The number of aromatic nitrogens is 3. The molecule has 0 unspecified atom stereocenters. The number of amides is 1. The van der Waals surface area contributed by atoms with Crippen LogP contribution in [0, 0.1) is 13.8 Å². The van der Waals surface area contributed by atoms with E-state index in [0.29, 0.717) is 22.9 Å². The first-order chi connectivity index (χ1) is 13.8. The second-order valence-electron chi connectivity index (χ2n) is 7.59. The van der Waals surface area contributed by atoms with Crippen LogP contribution < -0.4 is 5.32 Å². The second kappa shape index (κ2) is 7.31. The average molecular weight is 392 g/mol. The van der Waals surface area contributed by atoms with Gasteiger partial charge in [-0.2, -0.15) is 5.10 Å². The van der Waals surface area contributed by atoms with Crippen LogP contribution in [0.5, 0.6) is 0 Å². The SMILES string of the molecule is Cc1nn(C)c(C)c1NC(=O)[C@H](C)OC(=O)c1cc(C2CC2)nc2ccccc12. The van der Waals surface area contributed by atoms with Crippen LogP contribution in [0.3, 0.4) is 0 Å². The van der Waals surface area contributed by atoms with Crippen molar-refractivity contribution in [2.24, 2.45) is 7.05 Å². The molecule has 29 heavy (non-hydrogen) atoms. The minimum Gasteiger partial charge on any atom is -0.449 e. The molecule has 0 spiro atoms. The summed E-state index contributed by atoms with van der Waals surface area (Å²) in [4.78, 5) is 30.2. The molecular formula is C22H24N4O3. The lowest BCUT2D eigenvalue weighted by Gasteiger charge is -2.15. The van der Waals surface area contributed by atoms with Gasteiger partial charge < -0.3 is 10.1 Å². The summed E-state index contributed by atoms with van der Waals surface area (Å²) >= 11 is 0. The predicted octanol–water partition coefficient (Wildman–Crippen LogP) is 3.65. The third-order valence-electron chi connectivity index (χ3n) is 5.36. The van der Waals surface area contributed by atoms with Gasteiger partial charge in [-0.25, -0.2) is 4.79 Å². The fourth-order valence-electron chi connectivity index (χ4n) is 3.41. The van der Waals surface area contributed by atoms with Gasteiger partial charge in [0.1, 0.15) is 0 Å². The molecular weight excluding hydrogens is 368 g/mol. The van der Waals surface area contributed by atoms with Crippen LogP contribution in [0.2, 0.25) is 0 Å². The Morgan fingerprint density at radius 1 is 1.24 bits per heavy atom. The van der Waals surface area contributed by atoms with E-state index in [4.69, 9.17) is 4.74 Å². The van der Waals surface area contributed by atoms with Crippen molar-refractivity contribution in [2.75, 3.05) is 5.32 Å². The van der Waals surface area contributed by atoms with E-state index in [1.165, 1.54) is 0 Å². The maximum Gasteiger partial charge on any atom is 0.339 e. The van der Waals surface area contributed by atoms with Crippen molar-refractivity contribution < 1.29 is 14.3 Å². The Hall–Kier alpha value is -3.22. The van der Waals surface area contributed by atoms with Gasteiger partial charge in [0.15, 0.2) is 6.10 Å². The zero-order valence-electron chi connectivity index (χ0n) is 17.0. The molecule has 150 valence electrons. The first-order valence-electron chi connectivity index (χ1n) is 9.77. The largest absolute Gasteiger partial charge is 0.449 e. The number of pyridine rings is 1. The molecule has 0 saturated heterocycles. The molecule has 1 amide bonds. The third-order valence-corrected chi connectivity index (χ3v) is 5.36. The highest BCUT2D eigenvalue weighted by molar-refractivity contribution is 6.05. The minimum atomic E-state index is -0.946. The molecule has 1 aliphatic rings. The van der Waals surface area contributed by atoms with Gasteiger partial charge in [0.2, 0.25) is 0 Å². The Balaban J connectivity index is 1.55. The topological polar surface area (TPSA) is 86.1 Å². The number of hydrogen-bond acceptors (Lipinski definition) is 5. The van der Waals surface area contributed by atoms with Crippen molar-refractivity contribution in [1.82, 2.24) is 14.8 Å². The summed E-state index contributed by atoms with van der Waals surface area (Å²) in [7, 11) is 1.81. The molecule has 1 fully saturated rings. The number of hydrogen-bond donors (Lipinski definition) is 1. The lowest BCUT2D eigenvalue weighted by Crippen LogP contribution is -2.30. The number of esters is 1. The standard InChI is InChI=1S/C22H24N4O3/c1-12-20(13(2)26(4)25-12)24-21(27)14(3)29-22(28)17-11-19(15-9-10-15)23-18-8-6-5-7-16(17)18/h5-8,11,14-15H,9-10H2,1-4H3,(H,24,27)/t14-/m0/s1. The normalized spacial score (nSPS) is 14.6. The van der Waals surface area contributed by atoms with Crippen molar-refractivity contribution in [3.63, 3.8) is 0 Å². The zero-order chi connectivity index (χ0) is 20.7. The fraction of sp³-hybridized carbons (Fsp3) is 0.364. The van der Waals surface area contributed by atoms with E-state index >= 15 is 0 Å². The van der Waals surface area contributed by atoms with E-state index in [-0.39, 0.29) is 0 Å². The highest BCUT2D eigenvalue weighted by Gasteiger charge is 2.28. The molecule has 1 N–H and O–H groups in total. The van der Waals surface area contributed by atoms with Gasteiger partial charge in [0.25, 0.3) is 5.91 Å². The van der Waals surface area contributed by atoms with Gasteiger partial charge in [0.05, 0.1) is 28.2 Å². The van der Waals surface area contributed by atoms with Gasteiger partial charge in [-0.15, -0.1) is 0 Å². The monoisotopic (exact) mass is 392 g/mol. The number of aryl methyl sites for hydroxylation is 2. The van der Waals surface area contributed by atoms with Gasteiger partial charge >= 0.3 is 5.97 Å². The summed E-state index contributed by atoms with van der Waals surface area (Å²) in [5.74, 6) is -0.505. The molecule has 0 radical (unpaired) electrons. The Labute approximate surface area is 169 Å². The Morgan fingerprint density at radius 3 is 2.62 bits per heavy atom. The van der Waals surface area contributed by atoms with E-state index in [0.717, 1.165) is 35.1 Å². The number of para-hydroxylation sites is 1. The number of ether oxygens (including phenoxy) is 1. The van der Waals surface area contributed by atoms with Gasteiger partial charge in [0, 0.05) is 24.0 Å². The number of rotatable bonds is 5. The van der Waals surface area contributed by atoms with E-state index in [1.54, 1.807) is 11.6 Å². The van der Waals surface area contributed by atoms with Crippen LogP contribution >= 0.6 is 0 Å². The molecule has 2 heterocycles. The molecule has 1 aromatic carbocycles. The average Bonchev–Trinajstić information content (AvgIpc) is 3.52. The minimum absolute atomic E-state index is 0.390. The Kier molecular flexibility index (Phi) is 4.82. The lowest BCUT2D eigenvalue weighted by atomic mass is 10.1. The maximum absolute atomic E-state index is 12.9. The van der Waals surface area contributed by atoms with E-state index < -0.39 is 18.0 Å². The third kappa shape index (κ3) is 3.72. The molecule has 7 heteroatoms. The number of carbonyl (C=O) groups is 2. The molecule has 3 aromatic rings. The van der Waals surface area contributed by atoms with Crippen LogP contribution in [-0.2, 0) is 16.6 Å². The highest BCUT2D eigenvalue weighted by Crippen LogP contribution is 2.40. The van der Waals surface area contributed by atoms with Crippen LogP contribution in [0.4, 0.5) is 5.69 Å². The lowest BCUT2D eigenvalue weighted by molar-refractivity contribution is -0.123. The zero-order valence-corrected chi connectivity index (χ0v) is 17.0. The molecule has 4 rings (SSSR count). The number of benzene rings is 1. The maximum atomic E-state index is 12.9. The van der Waals surface area contributed by atoms with Crippen molar-refractivity contribution in [2.45, 2.75) is 45.6 Å². The quantitative estimate of drug-likeness (QED) is 0.670. The van der Waals surface area contributed by atoms with Crippen LogP contribution in [0.15, 0.2) is 30.3 Å². The molecule has 1 aliphatic carbocycles. The Bertz CT molecular complexity index is 1110. The van der Waals surface area contributed by atoms with Gasteiger partial charge in [-0.3, -0.25) is 14.5 Å². The van der Waals surface area contributed by atoms with E-state index in [9.17, 15) is 9.59 Å². The Morgan fingerprint density at radius 2 is 1.97 bits per heavy atom. The fourth-order valence-corrected chi connectivity index (χ4v) is 3.41. The predicted molar refractivity (Wildman–Crippen MR) is 110 cm³/mol. The summed E-state index contributed by atoms with van der Waals surface area (Å²) in [6, 6.07) is 9.31. The van der Waals surface area contributed by atoms with Crippen molar-refractivity contribution in [1.29, 1.82) is 0 Å². The van der Waals surface area contributed by atoms with Crippen LogP contribution in [-0.4, -0.2) is 32.7 Å². The van der Waals surface area contributed by atoms with Crippen molar-refractivity contribution in [3.8, 4) is 0 Å². The first kappa shape index (κ1) is 19.1. The van der Waals surface area contributed by atoms with Gasteiger partial charge in [-0.1, -0.05) is 18.2 Å². The number of nitrogens with one attached hydrogen (secondary N) is 1. The van der Waals surface area contributed by atoms with Gasteiger partial charge in [-0.05, 0) is 45.7 Å². The number of nitrogens with zero attached hydrogens (tertiary/aromatic N) is 3. The van der Waals surface area contributed by atoms with E-state index in [2.05, 4.69) is 15.4 Å². The van der Waals surface area contributed by atoms with Crippen molar-refractivity contribution >= 4 is 28.5 Å². The number of anilines is 1. The molecule has 2 aromatic heterocycles. The smallest absolute Gasteiger partial charge is 0.339 e. The number of fused-ring (bicyclic) bond motifs is 1. The molecule has 0 bridgehead atoms. The second-order valence-corrected chi connectivity index (χ2v) is 7.59. The van der Waals surface area contributed by atoms with E-state index in [1.807, 2.05) is 51.2 Å². The summed E-state index contributed by atoms with van der Waals surface area (Å²) in [6.07, 6.45) is 1.23. The van der Waals surface area contributed by atoms with Crippen LogP contribution in [0.1, 0.15) is 53.1 Å². The van der Waals surface area contributed by atoms with Crippen LogP contribution in [0.25, 0.3) is 10.9 Å². The summed E-state index contributed by atoms with van der Waals surface area (Å²) in [6.45, 7) is 5.26. The summed E-state index contributed by atoms with van der Waals surface area (Å²) in [5.41, 5.74) is 4.32. The first-order valence-corrected chi connectivity index (χ1v) is 9.77. The molecule has 1 atom stereocenters. The molecule has 1 saturated carbocycles. The summed E-state index contributed by atoms with van der Waals surface area (Å²) in [5, 5.41) is 7.84.